The Kier molecular flexibility index (Phi) is 9.50. The van der Waals surface area contributed by atoms with Crippen molar-refractivity contribution in [3.05, 3.63) is 95.6 Å². The van der Waals surface area contributed by atoms with Crippen molar-refractivity contribution in [2.75, 3.05) is 45.2 Å². The second-order valence-electron chi connectivity index (χ2n) is 9.33. The number of halogens is 2. The van der Waals surface area contributed by atoms with Crippen LogP contribution in [0.3, 0.4) is 0 Å². The van der Waals surface area contributed by atoms with Crippen molar-refractivity contribution in [2.24, 2.45) is 0 Å². The first-order chi connectivity index (χ1) is 18.7. The van der Waals surface area contributed by atoms with Gasteiger partial charge in [0.25, 0.3) is 0 Å². The summed E-state index contributed by atoms with van der Waals surface area (Å²) in [5, 5.41) is 2.51. The highest BCUT2D eigenvalue weighted by molar-refractivity contribution is 7.87. The number of anilines is 1. The topological polar surface area (TPSA) is 91.0 Å². The molecule has 0 unspecified atom stereocenters. The van der Waals surface area contributed by atoms with Crippen LogP contribution in [-0.2, 0) is 10.2 Å². The molecule has 0 spiro atoms. The zero-order valence-corrected chi connectivity index (χ0v) is 22.5. The molecule has 2 amide bonds. The molecule has 1 aliphatic rings. The molecule has 1 aliphatic heterocycles. The molecule has 2 N–H and O–H groups in total. The summed E-state index contributed by atoms with van der Waals surface area (Å²) in [5.41, 5.74) is 2.35. The number of benzene rings is 3. The van der Waals surface area contributed by atoms with E-state index in [0.717, 1.165) is 30.5 Å². The lowest BCUT2D eigenvalue weighted by atomic mass is 9.87. The lowest BCUT2D eigenvalue weighted by molar-refractivity contribution is 0.184. The molecule has 0 aliphatic carbocycles. The van der Waals surface area contributed by atoms with Crippen molar-refractivity contribution in [1.82, 2.24) is 13.9 Å². The SMILES string of the molecule is COc1ccc(NC(=O)NS(=O)(=O)N2CCN(CCCC(c3ccc(F)cc3)c3ccc(F)cc3)CC2)cc1. The fraction of sp³-hybridized carbons (Fsp3) is 0.321. The molecule has 208 valence electrons. The standard InChI is InChI=1S/C28H32F2N4O4S/c1-38-26-14-12-25(13-15-26)31-28(35)32-39(36,37)34-19-17-33(18-20-34)16-2-3-27(21-4-8-23(29)9-5-21)22-6-10-24(30)11-7-22/h4-15,27H,2-3,16-20H2,1H3,(H2,31,32,35). The molecule has 11 heteroatoms. The van der Waals surface area contributed by atoms with Gasteiger partial charge in [-0.25, -0.2) is 18.3 Å². The fourth-order valence-corrected chi connectivity index (χ4v) is 5.70. The van der Waals surface area contributed by atoms with E-state index >= 15 is 0 Å². The number of carbonyl (C=O) groups excluding carboxylic acids is 1. The molecular formula is C28H32F2N4O4S. The first-order valence-electron chi connectivity index (χ1n) is 12.7. The molecular weight excluding hydrogens is 526 g/mol. The Hall–Kier alpha value is -3.54. The van der Waals surface area contributed by atoms with Gasteiger partial charge in [0.15, 0.2) is 0 Å². The summed E-state index contributed by atoms with van der Waals surface area (Å²) < 4.78 is 60.8. The van der Waals surface area contributed by atoms with Gasteiger partial charge in [0.1, 0.15) is 17.4 Å². The van der Waals surface area contributed by atoms with Gasteiger partial charge in [-0.3, -0.25) is 0 Å². The predicted molar refractivity (Wildman–Crippen MR) is 146 cm³/mol. The van der Waals surface area contributed by atoms with Gasteiger partial charge < -0.3 is 15.0 Å². The first-order valence-corrected chi connectivity index (χ1v) is 14.1. The third-order valence-electron chi connectivity index (χ3n) is 6.75. The molecule has 8 nitrogen and oxygen atoms in total. The van der Waals surface area contributed by atoms with Crippen molar-refractivity contribution < 1.29 is 26.7 Å². The number of hydrogen-bond donors (Lipinski definition) is 2. The maximum atomic E-state index is 13.5. The maximum Gasteiger partial charge on any atom is 0.333 e. The van der Waals surface area contributed by atoms with E-state index in [1.54, 1.807) is 48.5 Å². The number of nitrogens with zero attached hydrogens (tertiary/aromatic N) is 2. The molecule has 3 aromatic rings. The van der Waals surface area contributed by atoms with Crippen LogP contribution in [-0.4, -0.2) is 63.5 Å². The van der Waals surface area contributed by atoms with Crippen LogP contribution in [0, 0.1) is 11.6 Å². The molecule has 0 saturated carbocycles. The Labute approximate surface area is 227 Å². The van der Waals surface area contributed by atoms with E-state index in [9.17, 15) is 22.0 Å². The van der Waals surface area contributed by atoms with Gasteiger partial charge in [-0.1, -0.05) is 24.3 Å². The highest BCUT2D eigenvalue weighted by Gasteiger charge is 2.28. The molecule has 3 aromatic carbocycles. The number of piperazine rings is 1. The molecule has 1 saturated heterocycles. The quantitative estimate of drug-likeness (QED) is 0.381. The van der Waals surface area contributed by atoms with E-state index in [-0.39, 0.29) is 30.6 Å². The van der Waals surface area contributed by atoms with Gasteiger partial charge in [-0.2, -0.15) is 12.7 Å². The number of urea groups is 1. The van der Waals surface area contributed by atoms with Gasteiger partial charge in [0.05, 0.1) is 7.11 Å². The van der Waals surface area contributed by atoms with Crippen molar-refractivity contribution in [1.29, 1.82) is 0 Å². The molecule has 0 aromatic heterocycles. The third kappa shape index (κ3) is 7.98. The van der Waals surface area contributed by atoms with Crippen molar-refractivity contribution in [3.63, 3.8) is 0 Å². The van der Waals surface area contributed by atoms with E-state index in [1.165, 1.54) is 35.7 Å². The Morgan fingerprint density at radius 3 is 1.92 bits per heavy atom. The van der Waals surface area contributed by atoms with E-state index in [1.807, 2.05) is 0 Å². The van der Waals surface area contributed by atoms with Gasteiger partial charge >= 0.3 is 16.2 Å². The minimum absolute atomic E-state index is 0.0127. The van der Waals surface area contributed by atoms with Crippen LogP contribution in [0.5, 0.6) is 5.75 Å². The Morgan fingerprint density at radius 2 is 1.41 bits per heavy atom. The fourth-order valence-electron chi connectivity index (χ4n) is 4.64. The first kappa shape index (κ1) is 28.5. The summed E-state index contributed by atoms with van der Waals surface area (Å²) in [4.78, 5) is 14.4. The van der Waals surface area contributed by atoms with Crippen LogP contribution >= 0.6 is 0 Å². The van der Waals surface area contributed by atoms with Gasteiger partial charge in [-0.05, 0) is 79.0 Å². The molecule has 1 fully saturated rings. The lowest BCUT2D eigenvalue weighted by Crippen LogP contribution is -2.53. The summed E-state index contributed by atoms with van der Waals surface area (Å²) in [5.74, 6) is -0.0107. The van der Waals surface area contributed by atoms with Crippen LogP contribution in [0.25, 0.3) is 0 Å². The summed E-state index contributed by atoms with van der Waals surface area (Å²) >= 11 is 0. The number of hydrogen-bond acceptors (Lipinski definition) is 5. The van der Waals surface area contributed by atoms with Gasteiger partial charge in [0, 0.05) is 37.8 Å². The molecule has 39 heavy (non-hydrogen) atoms. The number of amides is 2. The summed E-state index contributed by atoms with van der Waals surface area (Å²) in [7, 11) is -2.47. The minimum Gasteiger partial charge on any atom is -0.497 e. The normalized spacial score (nSPS) is 14.8. The zero-order chi connectivity index (χ0) is 27.8. The number of carbonyl (C=O) groups is 1. The Balaban J connectivity index is 1.26. The second-order valence-corrected chi connectivity index (χ2v) is 11.0. The lowest BCUT2D eigenvalue weighted by Gasteiger charge is -2.34. The van der Waals surface area contributed by atoms with Crippen LogP contribution < -0.4 is 14.8 Å². The third-order valence-corrected chi connectivity index (χ3v) is 8.24. The number of rotatable bonds is 10. The van der Waals surface area contributed by atoms with Crippen LogP contribution in [0.2, 0.25) is 0 Å². The van der Waals surface area contributed by atoms with Crippen LogP contribution in [0.15, 0.2) is 72.8 Å². The van der Waals surface area contributed by atoms with E-state index in [4.69, 9.17) is 4.74 Å². The molecule has 0 bridgehead atoms. The monoisotopic (exact) mass is 558 g/mol. The Morgan fingerprint density at radius 1 is 0.872 bits per heavy atom. The van der Waals surface area contributed by atoms with E-state index in [2.05, 4.69) is 14.9 Å². The van der Waals surface area contributed by atoms with E-state index < -0.39 is 16.2 Å². The minimum atomic E-state index is -3.99. The summed E-state index contributed by atoms with van der Waals surface area (Å²) in [6.45, 7) is 2.31. The van der Waals surface area contributed by atoms with Crippen molar-refractivity contribution in [3.8, 4) is 5.75 Å². The molecule has 4 rings (SSSR count). The largest absolute Gasteiger partial charge is 0.497 e. The highest BCUT2D eigenvalue weighted by atomic mass is 32.2. The molecule has 0 atom stereocenters. The van der Waals surface area contributed by atoms with Crippen molar-refractivity contribution >= 4 is 21.9 Å². The van der Waals surface area contributed by atoms with Crippen molar-refractivity contribution in [2.45, 2.75) is 18.8 Å². The zero-order valence-electron chi connectivity index (χ0n) is 21.6. The van der Waals surface area contributed by atoms with Gasteiger partial charge in [0.2, 0.25) is 0 Å². The molecule has 0 radical (unpaired) electrons. The van der Waals surface area contributed by atoms with Gasteiger partial charge in [-0.15, -0.1) is 0 Å². The second kappa shape index (κ2) is 13.0. The number of methoxy groups -OCH3 is 1. The highest BCUT2D eigenvalue weighted by Crippen LogP contribution is 2.30. The summed E-state index contributed by atoms with van der Waals surface area (Å²) in [6.07, 6.45) is 1.58. The van der Waals surface area contributed by atoms with E-state index in [0.29, 0.717) is 24.5 Å². The Bertz CT molecular complexity index is 1280. The predicted octanol–water partition coefficient (Wildman–Crippen LogP) is 4.57. The van der Waals surface area contributed by atoms with Crippen LogP contribution in [0.1, 0.15) is 29.9 Å². The molecule has 1 heterocycles. The van der Waals surface area contributed by atoms with Crippen LogP contribution in [0.4, 0.5) is 19.3 Å². The number of nitrogens with one attached hydrogen (secondary N) is 2. The maximum absolute atomic E-state index is 13.5. The summed E-state index contributed by atoms with van der Waals surface area (Å²) in [6, 6.07) is 18.4. The average molecular weight is 559 g/mol. The smallest absolute Gasteiger partial charge is 0.333 e. The number of ether oxygens (including phenoxy) is 1. The average Bonchev–Trinajstić information content (AvgIpc) is 2.93.